The van der Waals surface area contributed by atoms with Gasteiger partial charge in [0, 0.05) is 19.2 Å². The molecule has 5 heteroatoms. The molecule has 0 amide bonds. The highest BCUT2D eigenvalue weighted by Gasteiger charge is 2.34. The molecule has 0 spiro atoms. The van der Waals surface area contributed by atoms with Crippen LogP contribution in [0, 0.1) is 36.0 Å². The molecule has 1 aliphatic carbocycles. The molecule has 0 N–H and O–H groups in total. The number of carbonyl (C=O) groups excluding carboxylic acids is 1. The third-order valence-electron chi connectivity index (χ3n) is 6.05. The van der Waals surface area contributed by atoms with Crippen LogP contribution in [0.25, 0.3) is 0 Å². The topological polar surface area (TPSA) is 65.7 Å². The highest BCUT2D eigenvalue weighted by Crippen LogP contribution is 2.35. The van der Waals surface area contributed by atoms with Gasteiger partial charge in [0.2, 0.25) is 0 Å². The van der Waals surface area contributed by atoms with Gasteiger partial charge in [-0.15, -0.1) is 0 Å². The summed E-state index contributed by atoms with van der Waals surface area (Å²) in [6.45, 7) is 10.8. The van der Waals surface area contributed by atoms with Gasteiger partial charge in [-0.25, -0.2) is 0 Å². The Morgan fingerprint density at radius 3 is 2.69 bits per heavy atom. The van der Waals surface area contributed by atoms with Crippen LogP contribution in [-0.4, -0.2) is 31.5 Å². The first-order valence-electron chi connectivity index (χ1n) is 10.7. The number of anilines is 1. The Labute approximate surface area is 175 Å². The first-order valence-corrected chi connectivity index (χ1v) is 10.7. The van der Waals surface area contributed by atoms with Gasteiger partial charge >= 0.3 is 5.97 Å². The molecular weight excluding hydrogens is 362 g/mol. The monoisotopic (exact) mass is 397 g/mol. The number of aryl methyl sites for hydroxylation is 1. The van der Waals surface area contributed by atoms with Gasteiger partial charge < -0.3 is 9.64 Å². The molecule has 158 valence electrons. The molecule has 1 aromatic carbocycles. The average molecular weight is 398 g/mol. The van der Waals surface area contributed by atoms with Crippen LogP contribution in [0.15, 0.2) is 23.2 Å². The Morgan fingerprint density at radius 1 is 1.38 bits per heavy atom. The molecule has 0 bridgehead atoms. The first-order chi connectivity index (χ1) is 13.8. The van der Waals surface area contributed by atoms with E-state index in [4.69, 9.17) is 4.74 Å². The van der Waals surface area contributed by atoms with Crippen molar-refractivity contribution < 1.29 is 9.53 Å². The summed E-state index contributed by atoms with van der Waals surface area (Å²) in [6.07, 6.45) is 3.91. The summed E-state index contributed by atoms with van der Waals surface area (Å²) in [5.41, 5.74) is 2.40. The fraction of sp³-hybridized carbons (Fsp3) is 0.625. The lowest BCUT2D eigenvalue weighted by atomic mass is 9.75. The Morgan fingerprint density at radius 2 is 2.10 bits per heavy atom. The predicted octanol–water partition coefficient (Wildman–Crippen LogP) is 5.12. The fourth-order valence-electron chi connectivity index (χ4n) is 4.34. The van der Waals surface area contributed by atoms with Crippen molar-refractivity contribution in [2.75, 3.05) is 18.5 Å². The molecule has 5 nitrogen and oxygen atoms in total. The molecule has 3 atom stereocenters. The number of benzene rings is 1. The van der Waals surface area contributed by atoms with E-state index >= 15 is 0 Å². The number of amidine groups is 1. The Balaban J connectivity index is 2.25. The zero-order valence-corrected chi connectivity index (χ0v) is 18.7. The average Bonchev–Trinajstić information content (AvgIpc) is 2.68. The quantitative estimate of drug-likeness (QED) is 0.380. The number of hydrogen-bond acceptors (Lipinski definition) is 4. The molecule has 1 aliphatic rings. The van der Waals surface area contributed by atoms with Crippen molar-refractivity contribution in [2.24, 2.45) is 22.7 Å². The van der Waals surface area contributed by atoms with Crippen molar-refractivity contribution in [1.29, 1.82) is 5.26 Å². The summed E-state index contributed by atoms with van der Waals surface area (Å²) in [6, 6.07) is 7.71. The van der Waals surface area contributed by atoms with Gasteiger partial charge in [0.25, 0.3) is 0 Å². The van der Waals surface area contributed by atoms with E-state index in [9.17, 15) is 10.1 Å². The van der Waals surface area contributed by atoms with Crippen LogP contribution in [0.2, 0.25) is 0 Å². The second kappa shape index (κ2) is 10.4. The molecule has 1 saturated carbocycles. The van der Waals surface area contributed by atoms with E-state index in [1.54, 1.807) is 13.1 Å². The van der Waals surface area contributed by atoms with Crippen LogP contribution < -0.4 is 4.90 Å². The van der Waals surface area contributed by atoms with Gasteiger partial charge in [0.15, 0.2) is 0 Å². The number of nitriles is 1. The van der Waals surface area contributed by atoms with Crippen LogP contribution in [0.3, 0.4) is 0 Å². The number of esters is 1. The SMILES string of the molecule is CCC(=NC)N(CC(=O)O[C@@H]1C[C@H](C)CC[C@H]1C(C)C)c1cc(C#N)ccc1C. The van der Waals surface area contributed by atoms with Crippen molar-refractivity contribution >= 4 is 17.5 Å². The lowest BCUT2D eigenvalue weighted by molar-refractivity contribution is -0.154. The minimum atomic E-state index is -0.230. The maximum absolute atomic E-state index is 13.0. The lowest BCUT2D eigenvalue weighted by Gasteiger charge is -2.37. The van der Waals surface area contributed by atoms with E-state index < -0.39 is 0 Å². The van der Waals surface area contributed by atoms with Crippen LogP contribution in [0.5, 0.6) is 0 Å². The Bertz CT molecular complexity index is 779. The third kappa shape index (κ3) is 5.82. The molecule has 1 fully saturated rings. The molecule has 0 aromatic heterocycles. The van der Waals surface area contributed by atoms with Crippen LogP contribution in [0.4, 0.5) is 5.69 Å². The van der Waals surface area contributed by atoms with Gasteiger partial charge in [-0.1, -0.05) is 40.2 Å². The zero-order valence-electron chi connectivity index (χ0n) is 18.7. The number of aliphatic imine (C=N–C) groups is 1. The van der Waals surface area contributed by atoms with E-state index in [1.807, 2.05) is 30.9 Å². The van der Waals surface area contributed by atoms with E-state index in [0.717, 1.165) is 29.9 Å². The van der Waals surface area contributed by atoms with Crippen LogP contribution in [-0.2, 0) is 9.53 Å². The van der Waals surface area contributed by atoms with Gasteiger partial charge in [-0.3, -0.25) is 9.79 Å². The number of hydrogen-bond donors (Lipinski definition) is 0. The van der Waals surface area contributed by atoms with Gasteiger partial charge in [-0.2, -0.15) is 5.26 Å². The van der Waals surface area contributed by atoms with Crippen molar-refractivity contribution in [1.82, 2.24) is 0 Å². The summed E-state index contributed by atoms with van der Waals surface area (Å²) in [4.78, 5) is 19.3. The number of carbonyl (C=O) groups is 1. The van der Waals surface area contributed by atoms with E-state index in [2.05, 4.69) is 31.8 Å². The smallest absolute Gasteiger partial charge is 0.326 e. The summed E-state index contributed by atoms with van der Waals surface area (Å²) in [5, 5.41) is 9.30. The zero-order chi connectivity index (χ0) is 21.6. The van der Waals surface area contributed by atoms with Crippen molar-refractivity contribution in [3.05, 3.63) is 29.3 Å². The number of rotatable bonds is 6. The van der Waals surface area contributed by atoms with Crippen LogP contribution in [0.1, 0.15) is 64.5 Å². The van der Waals surface area contributed by atoms with E-state index in [1.165, 1.54) is 6.42 Å². The fourth-order valence-corrected chi connectivity index (χ4v) is 4.34. The van der Waals surface area contributed by atoms with Crippen molar-refractivity contribution in [3.8, 4) is 6.07 Å². The largest absolute Gasteiger partial charge is 0.461 e. The van der Waals surface area contributed by atoms with E-state index in [0.29, 0.717) is 29.7 Å². The minimum absolute atomic E-state index is 0.0247. The molecule has 29 heavy (non-hydrogen) atoms. The minimum Gasteiger partial charge on any atom is -0.461 e. The number of nitrogens with zero attached hydrogens (tertiary/aromatic N) is 3. The van der Waals surface area contributed by atoms with Crippen molar-refractivity contribution in [2.45, 2.75) is 66.4 Å². The highest BCUT2D eigenvalue weighted by molar-refractivity contribution is 6.01. The molecular formula is C24H35N3O2. The molecule has 0 saturated heterocycles. The molecule has 2 rings (SSSR count). The predicted molar refractivity (Wildman–Crippen MR) is 118 cm³/mol. The molecule has 1 aromatic rings. The third-order valence-corrected chi connectivity index (χ3v) is 6.05. The maximum Gasteiger partial charge on any atom is 0.326 e. The summed E-state index contributed by atoms with van der Waals surface area (Å²) < 4.78 is 6.02. The Kier molecular flexibility index (Phi) is 8.25. The van der Waals surface area contributed by atoms with Gasteiger partial charge in [-0.05, 0) is 55.2 Å². The highest BCUT2D eigenvalue weighted by atomic mass is 16.5. The second-order valence-corrected chi connectivity index (χ2v) is 8.55. The summed E-state index contributed by atoms with van der Waals surface area (Å²) >= 11 is 0. The normalized spacial score (nSPS) is 22.3. The Hall–Kier alpha value is -2.35. The summed E-state index contributed by atoms with van der Waals surface area (Å²) in [7, 11) is 1.73. The molecule has 0 unspecified atom stereocenters. The van der Waals surface area contributed by atoms with Gasteiger partial charge in [0.05, 0.1) is 11.6 Å². The van der Waals surface area contributed by atoms with E-state index in [-0.39, 0.29) is 18.6 Å². The molecule has 0 radical (unpaired) electrons. The molecule has 0 aliphatic heterocycles. The first kappa shape index (κ1) is 22.9. The summed E-state index contributed by atoms with van der Waals surface area (Å²) in [5.74, 6) is 2.06. The number of ether oxygens (including phenoxy) is 1. The maximum atomic E-state index is 13.0. The van der Waals surface area contributed by atoms with Crippen LogP contribution >= 0.6 is 0 Å². The standard InChI is InChI=1S/C24H35N3O2/c1-7-23(26-6)27(21-13-19(14-25)10-9-18(21)5)15-24(28)29-22-12-17(4)8-11-20(22)16(2)3/h9-10,13,16-17,20,22H,7-8,11-12,15H2,1-6H3/t17-,20+,22-/m1/s1. The molecule has 0 heterocycles. The van der Waals surface area contributed by atoms with Crippen molar-refractivity contribution in [3.63, 3.8) is 0 Å². The second-order valence-electron chi connectivity index (χ2n) is 8.55. The lowest BCUT2D eigenvalue weighted by Crippen LogP contribution is -2.41. The van der Waals surface area contributed by atoms with Gasteiger partial charge in [0.1, 0.15) is 18.5 Å².